The van der Waals surface area contributed by atoms with Gasteiger partial charge in [0.15, 0.2) is 0 Å². The highest BCUT2D eigenvalue weighted by molar-refractivity contribution is 5.87. The maximum atomic E-state index is 10.2. The van der Waals surface area contributed by atoms with Crippen LogP contribution in [-0.2, 0) is 4.74 Å². The van der Waals surface area contributed by atoms with Crippen LogP contribution in [0.1, 0.15) is 50.9 Å². The third-order valence-corrected chi connectivity index (χ3v) is 5.16. The van der Waals surface area contributed by atoms with E-state index in [2.05, 4.69) is 64.2 Å². The number of rotatable bonds is 5. The molecule has 3 heteroatoms. The predicted octanol–water partition coefficient (Wildman–Crippen LogP) is 6.21. The predicted molar refractivity (Wildman–Crippen MR) is 115 cm³/mol. The Kier molecular flexibility index (Phi) is 7.59. The summed E-state index contributed by atoms with van der Waals surface area (Å²) in [6, 6.07) is 8.30. The number of allylic oxidation sites excluding steroid dienone is 6. The van der Waals surface area contributed by atoms with Crippen molar-refractivity contribution in [3.63, 3.8) is 0 Å². The quantitative estimate of drug-likeness (QED) is 0.660. The van der Waals surface area contributed by atoms with E-state index in [1.807, 2.05) is 0 Å². The number of hydrogen-bond donors (Lipinski definition) is 1. The number of benzene rings is 1. The second-order valence-electron chi connectivity index (χ2n) is 8.44. The van der Waals surface area contributed by atoms with Crippen LogP contribution >= 0.6 is 0 Å². The molecule has 0 bridgehead atoms. The molecule has 1 N–H and O–H groups in total. The summed E-state index contributed by atoms with van der Waals surface area (Å²) in [7, 11) is 0. The Labute approximate surface area is 169 Å². The van der Waals surface area contributed by atoms with Crippen molar-refractivity contribution in [2.45, 2.75) is 40.5 Å². The van der Waals surface area contributed by atoms with Gasteiger partial charge in [0.25, 0.3) is 0 Å². The van der Waals surface area contributed by atoms with E-state index in [-0.39, 0.29) is 10.8 Å². The molecule has 28 heavy (non-hydrogen) atoms. The van der Waals surface area contributed by atoms with Gasteiger partial charge in [-0.2, -0.15) is 0 Å². The molecular formula is C25H32O3. The fourth-order valence-electron chi connectivity index (χ4n) is 3.04. The van der Waals surface area contributed by atoms with Crippen LogP contribution in [0.15, 0.2) is 77.9 Å². The highest BCUT2D eigenvalue weighted by Crippen LogP contribution is 2.33. The normalized spacial score (nSPS) is 26.0. The van der Waals surface area contributed by atoms with Crippen molar-refractivity contribution in [3.05, 3.63) is 83.5 Å². The van der Waals surface area contributed by atoms with Crippen molar-refractivity contribution in [2.24, 2.45) is 10.8 Å². The van der Waals surface area contributed by atoms with Crippen LogP contribution in [0.4, 0.5) is 0 Å². The molecule has 2 aliphatic rings. The van der Waals surface area contributed by atoms with Crippen LogP contribution in [-0.4, -0.2) is 24.3 Å². The van der Waals surface area contributed by atoms with Crippen molar-refractivity contribution < 1.29 is 14.6 Å². The molecule has 3 nitrogen and oxygen atoms in total. The Morgan fingerprint density at radius 1 is 0.929 bits per heavy atom. The van der Waals surface area contributed by atoms with Crippen molar-refractivity contribution in [1.82, 2.24) is 0 Å². The molecule has 0 saturated carbocycles. The van der Waals surface area contributed by atoms with E-state index in [0.717, 1.165) is 26.1 Å². The third-order valence-electron chi connectivity index (χ3n) is 5.16. The summed E-state index contributed by atoms with van der Waals surface area (Å²) >= 11 is 0. The summed E-state index contributed by atoms with van der Waals surface area (Å²) in [5.74, 6) is -0.879. The highest BCUT2D eigenvalue weighted by atomic mass is 16.5. The van der Waals surface area contributed by atoms with Crippen molar-refractivity contribution >= 4 is 5.97 Å². The van der Waals surface area contributed by atoms with Crippen LogP contribution in [0.25, 0.3) is 0 Å². The van der Waals surface area contributed by atoms with Gasteiger partial charge in [0.2, 0.25) is 0 Å². The van der Waals surface area contributed by atoms with Crippen LogP contribution in [0.2, 0.25) is 0 Å². The highest BCUT2D eigenvalue weighted by Gasteiger charge is 2.26. The molecule has 2 unspecified atom stereocenters. The standard InChI is InChI=1S/C18H26O.C7H6O2/c1-15-5-9-17(3,10-6-15)13-19-14-18(4)11-7-16(2)8-12-18;8-7(9)6-4-2-1-3-5-6/h5-9,11H,10,12-14H2,1-4H3;1-5H,(H,8,9). The molecule has 0 aliphatic heterocycles. The third kappa shape index (κ3) is 6.97. The number of aromatic carboxylic acids is 1. The van der Waals surface area contributed by atoms with E-state index in [1.165, 1.54) is 11.1 Å². The first-order valence-corrected chi connectivity index (χ1v) is 9.80. The molecule has 1 aromatic rings. The number of carboxylic acid groups (broad SMARTS) is 1. The maximum Gasteiger partial charge on any atom is 0.335 e. The SMILES string of the molecule is CC1=CCC(C)(COCC2(C)C=CC(C)=CC2)C=C1.O=C(O)c1ccccc1. The van der Waals surface area contributed by atoms with E-state index >= 15 is 0 Å². The Morgan fingerprint density at radius 3 is 1.71 bits per heavy atom. The van der Waals surface area contributed by atoms with Gasteiger partial charge in [-0.1, -0.05) is 79.6 Å². The average Bonchev–Trinajstić information content (AvgIpc) is 2.68. The van der Waals surface area contributed by atoms with Crippen LogP contribution in [0, 0.1) is 10.8 Å². The number of hydrogen-bond acceptors (Lipinski definition) is 2. The van der Waals surface area contributed by atoms with E-state index in [4.69, 9.17) is 9.84 Å². The molecule has 0 radical (unpaired) electrons. The molecule has 0 saturated heterocycles. The van der Waals surface area contributed by atoms with Gasteiger partial charge in [-0.3, -0.25) is 0 Å². The lowest BCUT2D eigenvalue weighted by Gasteiger charge is -2.31. The molecule has 3 rings (SSSR count). The lowest BCUT2D eigenvalue weighted by atomic mass is 9.81. The molecular weight excluding hydrogens is 348 g/mol. The van der Waals surface area contributed by atoms with Gasteiger partial charge >= 0.3 is 5.97 Å². The smallest absolute Gasteiger partial charge is 0.335 e. The maximum absolute atomic E-state index is 10.2. The summed E-state index contributed by atoms with van der Waals surface area (Å²) < 4.78 is 6.03. The molecule has 1 aromatic carbocycles. The molecule has 0 spiro atoms. The lowest BCUT2D eigenvalue weighted by Crippen LogP contribution is -2.27. The Bertz CT molecular complexity index is 743. The zero-order valence-electron chi connectivity index (χ0n) is 17.4. The van der Waals surface area contributed by atoms with Crippen molar-refractivity contribution in [2.75, 3.05) is 13.2 Å². The van der Waals surface area contributed by atoms with Crippen LogP contribution in [0.5, 0.6) is 0 Å². The number of ether oxygens (including phenoxy) is 1. The largest absolute Gasteiger partial charge is 0.478 e. The van der Waals surface area contributed by atoms with Crippen molar-refractivity contribution in [1.29, 1.82) is 0 Å². The first-order valence-electron chi connectivity index (χ1n) is 9.80. The van der Waals surface area contributed by atoms with E-state index in [0.29, 0.717) is 5.56 Å². The van der Waals surface area contributed by atoms with Gasteiger partial charge in [0.1, 0.15) is 0 Å². The fourth-order valence-corrected chi connectivity index (χ4v) is 3.04. The molecule has 0 aromatic heterocycles. The minimum atomic E-state index is -0.879. The second kappa shape index (κ2) is 9.70. The zero-order chi connectivity index (χ0) is 20.6. The molecule has 0 amide bonds. The second-order valence-corrected chi connectivity index (χ2v) is 8.44. The van der Waals surface area contributed by atoms with Gasteiger partial charge in [0.05, 0.1) is 18.8 Å². The average molecular weight is 381 g/mol. The fraction of sp³-hybridized carbons (Fsp3) is 0.400. The summed E-state index contributed by atoms with van der Waals surface area (Å²) in [6.45, 7) is 10.5. The molecule has 2 atom stereocenters. The summed E-state index contributed by atoms with van der Waals surface area (Å²) in [5, 5.41) is 8.38. The first-order chi connectivity index (χ1) is 13.2. The van der Waals surface area contributed by atoms with Gasteiger partial charge in [0, 0.05) is 10.8 Å². The van der Waals surface area contributed by atoms with E-state index in [1.54, 1.807) is 30.3 Å². The topological polar surface area (TPSA) is 46.5 Å². The molecule has 0 fully saturated rings. The van der Waals surface area contributed by atoms with Crippen LogP contribution < -0.4 is 0 Å². The summed E-state index contributed by atoms with van der Waals surface area (Å²) in [5.41, 5.74) is 3.39. The first kappa shape index (κ1) is 21.9. The zero-order valence-corrected chi connectivity index (χ0v) is 17.4. The van der Waals surface area contributed by atoms with Gasteiger partial charge < -0.3 is 9.84 Å². The lowest BCUT2D eigenvalue weighted by molar-refractivity contribution is 0.0351. The van der Waals surface area contributed by atoms with Gasteiger partial charge in [-0.25, -0.2) is 4.79 Å². The van der Waals surface area contributed by atoms with Crippen LogP contribution in [0.3, 0.4) is 0 Å². The summed E-state index contributed by atoms with van der Waals surface area (Å²) in [6.07, 6.45) is 15.8. The van der Waals surface area contributed by atoms with Gasteiger partial charge in [-0.15, -0.1) is 0 Å². The van der Waals surface area contributed by atoms with E-state index in [9.17, 15) is 4.79 Å². The monoisotopic (exact) mass is 380 g/mol. The molecule has 0 heterocycles. The molecule has 2 aliphatic carbocycles. The minimum absolute atomic E-state index is 0.167. The number of carboxylic acids is 1. The van der Waals surface area contributed by atoms with E-state index < -0.39 is 5.97 Å². The minimum Gasteiger partial charge on any atom is -0.478 e. The Hall–Kier alpha value is -2.39. The van der Waals surface area contributed by atoms with Crippen molar-refractivity contribution in [3.8, 4) is 0 Å². The number of carbonyl (C=O) groups is 1. The Balaban J connectivity index is 0.000000261. The molecule has 150 valence electrons. The summed E-state index contributed by atoms with van der Waals surface area (Å²) in [4.78, 5) is 10.2. The van der Waals surface area contributed by atoms with Gasteiger partial charge in [-0.05, 0) is 38.8 Å². The Morgan fingerprint density at radius 2 is 1.39 bits per heavy atom.